The zero-order valence-corrected chi connectivity index (χ0v) is 16.7. The summed E-state index contributed by atoms with van der Waals surface area (Å²) in [6.07, 6.45) is 4.02. The van der Waals surface area contributed by atoms with E-state index in [4.69, 9.17) is 4.42 Å². The maximum absolute atomic E-state index is 12.7. The first kappa shape index (κ1) is 18.5. The van der Waals surface area contributed by atoms with Crippen LogP contribution in [0.1, 0.15) is 55.8 Å². The minimum atomic E-state index is -0.141. The fraction of sp³-hybridized carbons (Fsp3) is 0.714. The van der Waals surface area contributed by atoms with Crippen molar-refractivity contribution in [2.45, 2.75) is 58.0 Å². The lowest BCUT2D eigenvalue weighted by Crippen LogP contribution is -2.56. The van der Waals surface area contributed by atoms with Crippen LogP contribution >= 0.6 is 0 Å². The molecule has 3 aliphatic rings. The Kier molecular flexibility index (Phi) is 4.78. The van der Waals surface area contributed by atoms with E-state index < -0.39 is 0 Å². The van der Waals surface area contributed by atoms with Gasteiger partial charge in [-0.15, -0.1) is 0 Å². The predicted molar refractivity (Wildman–Crippen MR) is 102 cm³/mol. The van der Waals surface area contributed by atoms with Crippen LogP contribution in [0.2, 0.25) is 0 Å². The molecule has 0 bridgehead atoms. The maximum atomic E-state index is 12.7. The molecular formula is C21H31N3O3. The molecule has 2 amide bonds. The molecule has 0 aromatic carbocycles. The average molecular weight is 373 g/mol. The lowest BCUT2D eigenvalue weighted by atomic mass is 9.75. The van der Waals surface area contributed by atoms with Gasteiger partial charge in [0.2, 0.25) is 5.91 Å². The van der Waals surface area contributed by atoms with Crippen LogP contribution < -0.4 is 5.32 Å². The SMILES string of the molecule is CCC[C@@H](C)N1C[C@H]2C(=O)NC3(CCN(C(=O)c4ccc(C)o4)CC3)[C@H]2C1. The van der Waals surface area contributed by atoms with E-state index in [-0.39, 0.29) is 23.3 Å². The van der Waals surface area contributed by atoms with Crippen molar-refractivity contribution in [3.8, 4) is 0 Å². The highest BCUT2D eigenvalue weighted by atomic mass is 16.3. The molecule has 148 valence electrons. The molecule has 3 fully saturated rings. The predicted octanol–water partition coefficient (Wildman–Crippen LogP) is 2.43. The van der Waals surface area contributed by atoms with Gasteiger partial charge in [-0.05, 0) is 45.2 Å². The monoisotopic (exact) mass is 373 g/mol. The molecular weight excluding hydrogens is 342 g/mol. The summed E-state index contributed by atoms with van der Waals surface area (Å²) in [5, 5.41) is 3.34. The first-order valence-electron chi connectivity index (χ1n) is 10.4. The Labute approximate surface area is 161 Å². The van der Waals surface area contributed by atoms with Gasteiger partial charge >= 0.3 is 0 Å². The molecule has 1 spiro atoms. The lowest BCUT2D eigenvalue weighted by molar-refractivity contribution is -0.123. The minimum absolute atomic E-state index is 0.0385. The summed E-state index contributed by atoms with van der Waals surface area (Å²) in [5.41, 5.74) is -0.141. The number of hydrogen-bond donors (Lipinski definition) is 1. The first-order chi connectivity index (χ1) is 12.9. The summed E-state index contributed by atoms with van der Waals surface area (Å²) >= 11 is 0. The summed E-state index contributed by atoms with van der Waals surface area (Å²) in [6, 6.07) is 4.11. The average Bonchev–Trinajstić information content (AvgIpc) is 3.33. The Morgan fingerprint density at radius 3 is 2.70 bits per heavy atom. The van der Waals surface area contributed by atoms with Crippen molar-refractivity contribution in [3.63, 3.8) is 0 Å². The summed E-state index contributed by atoms with van der Waals surface area (Å²) in [5.74, 6) is 1.82. The molecule has 4 rings (SSSR count). The van der Waals surface area contributed by atoms with Crippen LogP contribution in [0.5, 0.6) is 0 Å². The third-order valence-electron chi connectivity index (χ3n) is 6.99. The number of furan rings is 1. The van der Waals surface area contributed by atoms with Gasteiger partial charge in [-0.3, -0.25) is 14.5 Å². The number of amides is 2. The highest BCUT2D eigenvalue weighted by Crippen LogP contribution is 2.44. The zero-order valence-electron chi connectivity index (χ0n) is 16.7. The number of rotatable bonds is 4. The Hall–Kier alpha value is -1.82. The normalized spacial score (nSPS) is 28.4. The van der Waals surface area contributed by atoms with Crippen molar-refractivity contribution in [1.82, 2.24) is 15.1 Å². The Morgan fingerprint density at radius 1 is 1.33 bits per heavy atom. The number of nitrogens with zero attached hydrogens (tertiary/aromatic N) is 2. The third kappa shape index (κ3) is 3.18. The van der Waals surface area contributed by atoms with Crippen LogP contribution in [0.4, 0.5) is 0 Å². The second-order valence-electron chi connectivity index (χ2n) is 8.65. The molecule has 0 unspecified atom stereocenters. The number of nitrogens with one attached hydrogen (secondary N) is 1. The van der Waals surface area contributed by atoms with Crippen LogP contribution in [0.3, 0.4) is 0 Å². The molecule has 1 aromatic rings. The molecule has 3 atom stereocenters. The number of carbonyl (C=O) groups excluding carboxylic acids is 2. The van der Waals surface area contributed by atoms with Gasteiger partial charge < -0.3 is 14.6 Å². The van der Waals surface area contributed by atoms with E-state index in [0.717, 1.165) is 31.7 Å². The van der Waals surface area contributed by atoms with Crippen LogP contribution in [0.25, 0.3) is 0 Å². The van der Waals surface area contributed by atoms with E-state index in [1.807, 2.05) is 17.9 Å². The van der Waals surface area contributed by atoms with Crippen molar-refractivity contribution >= 4 is 11.8 Å². The molecule has 0 radical (unpaired) electrons. The van der Waals surface area contributed by atoms with E-state index in [9.17, 15) is 9.59 Å². The number of piperidine rings is 1. The topological polar surface area (TPSA) is 65.8 Å². The summed E-state index contributed by atoms with van der Waals surface area (Å²) in [6.45, 7) is 9.57. The van der Waals surface area contributed by atoms with Gasteiger partial charge in [-0.25, -0.2) is 0 Å². The quantitative estimate of drug-likeness (QED) is 0.880. The third-order valence-corrected chi connectivity index (χ3v) is 6.99. The second-order valence-corrected chi connectivity index (χ2v) is 8.65. The van der Waals surface area contributed by atoms with Gasteiger partial charge in [0.05, 0.1) is 5.92 Å². The van der Waals surface area contributed by atoms with Crippen LogP contribution in [0, 0.1) is 18.8 Å². The molecule has 1 N–H and O–H groups in total. The molecule has 0 aliphatic carbocycles. The molecule has 0 saturated carbocycles. The largest absolute Gasteiger partial charge is 0.456 e. The van der Waals surface area contributed by atoms with Crippen molar-refractivity contribution in [3.05, 3.63) is 23.7 Å². The smallest absolute Gasteiger partial charge is 0.289 e. The molecule has 1 aromatic heterocycles. The van der Waals surface area contributed by atoms with Gasteiger partial charge in [0.1, 0.15) is 5.76 Å². The van der Waals surface area contributed by atoms with E-state index in [0.29, 0.717) is 30.8 Å². The molecule has 3 saturated heterocycles. The highest BCUT2D eigenvalue weighted by molar-refractivity contribution is 5.91. The number of carbonyl (C=O) groups is 2. The molecule has 4 heterocycles. The molecule has 27 heavy (non-hydrogen) atoms. The molecule has 6 heteroatoms. The molecule has 3 aliphatic heterocycles. The molecule has 6 nitrogen and oxygen atoms in total. The van der Waals surface area contributed by atoms with E-state index in [1.54, 1.807) is 6.07 Å². The van der Waals surface area contributed by atoms with Crippen LogP contribution in [0.15, 0.2) is 16.5 Å². The summed E-state index contributed by atoms with van der Waals surface area (Å²) in [4.78, 5) is 29.7. The summed E-state index contributed by atoms with van der Waals surface area (Å²) < 4.78 is 5.50. The van der Waals surface area contributed by atoms with E-state index in [1.165, 1.54) is 12.8 Å². The summed E-state index contributed by atoms with van der Waals surface area (Å²) in [7, 11) is 0. The van der Waals surface area contributed by atoms with Gasteiger partial charge in [-0.2, -0.15) is 0 Å². The number of aryl methyl sites for hydroxylation is 1. The van der Waals surface area contributed by atoms with Crippen molar-refractivity contribution in [2.75, 3.05) is 26.2 Å². The highest BCUT2D eigenvalue weighted by Gasteiger charge is 2.57. The number of fused-ring (bicyclic) bond motifs is 2. The Balaban J connectivity index is 1.43. The number of hydrogen-bond acceptors (Lipinski definition) is 4. The minimum Gasteiger partial charge on any atom is -0.456 e. The Bertz CT molecular complexity index is 720. The van der Waals surface area contributed by atoms with Gasteiger partial charge in [0.15, 0.2) is 5.76 Å². The zero-order chi connectivity index (χ0) is 19.2. The fourth-order valence-electron chi connectivity index (χ4n) is 5.36. The van der Waals surface area contributed by atoms with Crippen molar-refractivity contribution in [1.29, 1.82) is 0 Å². The van der Waals surface area contributed by atoms with Crippen LogP contribution in [-0.4, -0.2) is 59.4 Å². The standard InChI is InChI=1S/C21H31N3O3/c1-4-5-14(2)24-12-16-17(13-24)21(22-19(16)25)8-10-23(11-9-21)20(26)18-7-6-15(3)27-18/h6-7,14,16-17H,4-5,8-13H2,1-3H3,(H,22,25)/t14-,16-,17+/m1/s1. The fourth-order valence-corrected chi connectivity index (χ4v) is 5.36. The van der Waals surface area contributed by atoms with Crippen LogP contribution in [-0.2, 0) is 4.79 Å². The number of likely N-dealkylation sites (tertiary alicyclic amines) is 2. The van der Waals surface area contributed by atoms with Gasteiger partial charge in [-0.1, -0.05) is 13.3 Å². The Morgan fingerprint density at radius 2 is 2.07 bits per heavy atom. The van der Waals surface area contributed by atoms with E-state index >= 15 is 0 Å². The lowest BCUT2D eigenvalue weighted by Gasteiger charge is -2.42. The van der Waals surface area contributed by atoms with Crippen molar-refractivity contribution < 1.29 is 14.0 Å². The van der Waals surface area contributed by atoms with Crippen molar-refractivity contribution in [2.24, 2.45) is 11.8 Å². The second kappa shape index (κ2) is 6.97. The van der Waals surface area contributed by atoms with Gasteiger partial charge in [0, 0.05) is 43.7 Å². The van der Waals surface area contributed by atoms with E-state index in [2.05, 4.69) is 24.1 Å². The maximum Gasteiger partial charge on any atom is 0.289 e. The first-order valence-corrected chi connectivity index (χ1v) is 10.4. The van der Waals surface area contributed by atoms with Gasteiger partial charge in [0.25, 0.3) is 5.91 Å².